The van der Waals surface area contributed by atoms with Crippen molar-refractivity contribution in [1.29, 1.82) is 0 Å². The molecule has 0 radical (unpaired) electrons. The molecular weight excluding hydrogens is 280 g/mol. The van der Waals surface area contributed by atoms with Crippen molar-refractivity contribution in [3.8, 4) is 0 Å². The third-order valence-electron chi connectivity index (χ3n) is 4.83. The number of carbonyl (C=O) groups is 1. The smallest absolute Gasteiger partial charge is 0.317 e. The van der Waals surface area contributed by atoms with E-state index in [2.05, 4.69) is 5.32 Å². The van der Waals surface area contributed by atoms with Crippen LogP contribution in [-0.4, -0.2) is 53.0 Å². The Morgan fingerprint density at radius 1 is 1.36 bits per heavy atom. The Labute approximate surface area is 134 Å². The summed E-state index contributed by atoms with van der Waals surface area (Å²) < 4.78 is 6.08. The maximum atomic E-state index is 12.5. The molecule has 2 amide bonds. The van der Waals surface area contributed by atoms with E-state index >= 15 is 0 Å². The summed E-state index contributed by atoms with van der Waals surface area (Å²) in [6.07, 6.45) is 7.84. The Morgan fingerprint density at radius 2 is 2.05 bits per heavy atom. The molecule has 1 aliphatic carbocycles. The van der Waals surface area contributed by atoms with Crippen molar-refractivity contribution in [2.45, 2.75) is 83.0 Å². The van der Waals surface area contributed by atoms with Crippen molar-refractivity contribution in [1.82, 2.24) is 10.2 Å². The minimum atomic E-state index is -0.867. The normalized spacial score (nSPS) is 25.0. The standard InChI is InChI=1S/C17H32N2O3/c1-4-19(13-16(2,3)21)15(20)18-14-8-11-22-17(12-14)9-6-5-7-10-17/h14,21H,4-13H2,1-3H3,(H,18,20). The molecular formula is C17H32N2O3. The van der Waals surface area contributed by atoms with Crippen LogP contribution >= 0.6 is 0 Å². The van der Waals surface area contributed by atoms with Gasteiger partial charge in [-0.25, -0.2) is 4.79 Å². The summed E-state index contributed by atoms with van der Waals surface area (Å²) in [5, 5.41) is 13.1. The number of ether oxygens (including phenoxy) is 1. The lowest BCUT2D eigenvalue weighted by Gasteiger charge is -2.44. The van der Waals surface area contributed by atoms with E-state index in [1.165, 1.54) is 19.3 Å². The Kier molecular flexibility index (Phi) is 5.72. The number of carbonyl (C=O) groups excluding carboxylic acids is 1. The zero-order valence-electron chi connectivity index (χ0n) is 14.4. The van der Waals surface area contributed by atoms with Crippen LogP contribution in [0.3, 0.4) is 0 Å². The number of nitrogens with one attached hydrogen (secondary N) is 1. The van der Waals surface area contributed by atoms with E-state index in [9.17, 15) is 9.90 Å². The highest BCUT2D eigenvalue weighted by atomic mass is 16.5. The SMILES string of the molecule is CCN(CC(C)(C)O)C(=O)NC1CCOC2(CCCCC2)C1. The lowest BCUT2D eigenvalue weighted by molar-refractivity contribution is -0.108. The molecule has 128 valence electrons. The van der Waals surface area contributed by atoms with Gasteiger partial charge in [0, 0.05) is 19.2 Å². The predicted octanol–water partition coefficient (Wildman–Crippen LogP) is 2.67. The Bertz CT molecular complexity index is 367. The number of hydrogen-bond donors (Lipinski definition) is 2. The molecule has 0 aromatic carbocycles. The molecule has 1 spiro atoms. The molecule has 0 bridgehead atoms. The van der Waals surface area contributed by atoms with Gasteiger partial charge in [-0.15, -0.1) is 0 Å². The van der Waals surface area contributed by atoms with Gasteiger partial charge in [0.05, 0.1) is 17.7 Å². The first kappa shape index (κ1) is 17.5. The number of nitrogens with zero attached hydrogens (tertiary/aromatic N) is 1. The second kappa shape index (κ2) is 7.18. The molecule has 1 atom stereocenters. The van der Waals surface area contributed by atoms with Crippen LogP contribution in [-0.2, 0) is 4.74 Å². The van der Waals surface area contributed by atoms with Crippen LogP contribution in [0.5, 0.6) is 0 Å². The Hall–Kier alpha value is -0.810. The van der Waals surface area contributed by atoms with Gasteiger partial charge in [-0.2, -0.15) is 0 Å². The fraction of sp³-hybridized carbons (Fsp3) is 0.941. The first-order valence-corrected chi connectivity index (χ1v) is 8.75. The van der Waals surface area contributed by atoms with E-state index in [4.69, 9.17) is 4.74 Å². The minimum Gasteiger partial charge on any atom is -0.389 e. The average molecular weight is 312 g/mol. The molecule has 22 heavy (non-hydrogen) atoms. The van der Waals surface area contributed by atoms with Crippen molar-refractivity contribution < 1.29 is 14.6 Å². The van der Waals surface area contributed by atoms with Crippen LogP contribution in [0, 0.1) is 0 Å². The minimum absolute atomic E-state index is 0.00173. The van der Waals surface area contributed by atoms with Crippen molar-refractivity contribution in [2.75, 3.05) is 19.7 Å². The topological polar surface area (TPSA) is 61.8 Å². The maximum Gasteiger partial charge on any atom is 0.317 e. The number of aliphatic hydroxyl groups is 1. The van der Waals surface area contributed by atoms with E-state index in [0.717, 1.165) is 32.3 Å². The molecule has 1 saturated heterocycles. The van der Waals surface area contributed by atoms with Gasteiger partial charge in [-0.05, 0) is 46.5 Å². The van der Waals surface area contributed by atoms with Gasteiger partial charge in [0.25, 0.3) is 0 Å². The van der Waals surface area contributed by atoms with Crippen LogP contribution < -0.4 is 5.32 Å². The summed E-state index contributed by atoms with van der Waals surface area (Å²) in [4.78, 5) is 14.1. The molecule has 2 rings (SSSR count). The van der Waals surface area contributed by atoms with Crippen LogP contribution in [0.2, 0.25) is 0 Å². The number of urea groups is 1. The molecule has 2 N–H and O–H groups in total. The molecule has 1 saturated carbocycles. The number of hydrogen-bond acceptors (Lipinski definition) is 3. The van der Waals surface area contributed by atoms with E-state index < -0.39 is 5.60 Å². The molecule has 1 unspecified atom stereocenters. The van der Waals surface area contributed by atoms with Crippen molar-refractivity contribution >= 4 is 6.03 Å². The fourth-order valence-electron chi connectivity index (χ4n) is 3.76. The average Bonchev–Trinajstić information content (AvgIpc) is 2.44. The first-order chi connectivity index (χ1) is 10.3. The quantitative estimate of drug-likeness (QED) is 0.839. The molecule has 2 aliphatic rings. The second-order valence-electron chi connectivity index (χ2n) is 7.56. The molecule has 0 aromatic rings. The lowest BCUT2D eigenvalue weighted by atomic mass is 9.78. The largest absolute Gasteiger partial charge is 0.389 e. The summed E-state index contributed by atoms with van der Waals surface area (Å²) in [5.41, 5.74) is -0.866. The summed E-state index contributed by atoms with van der Waals surface area (Å²) in [5.74, 6) is 0. The molecule has 0 aromatic heterocycles. The maximum absolute atomic E-state index is 12.5. The van der Waals surface area contributed by atoms with Crippen LogP contribution in [0.4, 0.5) is 4.79 Å². The van der Waals surface area contributed by atoms with Crippen LogP contribution in [0.25, 0.3) is 0 Å². The van der Waals surface area contributed by atoms with Gasteiger partial charge in [0.15, 0.2) is 0 Å². The lowest BCUT2D eigenvalue weighted by Crippen LogP contribution is -2.54. The molecule has 5 nitrogen and oxygen atoms in total. The third-order valence-corrected chi connectivity index (χ3v) is 4.83. The van der Waals surface area contributed by atoms with E-state index in [1.807, 2.05) is 6.92 Å². The Morgan fingerprint density at radius 3 is 2.64 bits per heavy atom. The number of likely N-dealkylation sites (N-methyl/N-ethyl adjacent to an activating group) is 1. The van der Waals surface area contributed by atoms with Gasteiger partial charge < -0.3 is 20.1 Å². The van der Waals surface area contributed by atoms with Crippen molar-refractivity contribution in [2.24, 2.45) is 0 Å². The predicted molar refractivity (Wildman–Crippen MR) is 86.9 cm³/mol. The van der Waals surface area contributed by atoms with Gasteiger partial charge >= 0.3 is 6.03 Å². The zero-order valence-corrected chi connectivity index (χ0v) is 14.4. The number of amides is 2. The highest BCUT2D eigenvalue weighted by molar-refractivity contribution is 5.74. The molecule has 1 heterocycles. The van der Waals surface area contributed by atoms with E-state index in [-0.39, 0.29) is 17.7 Å². The van der Waals surface area contributed by atoms with Crippen LogP contribution in [0.1, 0.15) is 65.7 Å². The van der Waals surface area contributed by atoms with Crippen molar-refractivity contribution in [3.05, 3.63) is 0 Å². The summed E-state index contributed by atoms with van der Waals surface area (Å²) in [6.45, 7) is 7.09. The first-order valence-electron chi connectivity index (χ1n) is 8.75. The molecule has 2 fully saturated rings. The van der Waals surface area contributed by atoms with Gasteiger partial charge in [0.1, 0.15) is 0 Å². The number of rotatable bonds is 4. The Balaban J connectivity index is 1.90. The third kappa shape index (κ3) is 4.85. The molecule has 1 aliphatic heterocycles. The zero-order chi connectivity index (χ0) is 16.2. The fourth-order valence-corrected chi connectivity index (χ4v) is 3.76. The molecule has 5 heteroatoms. The second-order valence-corrected chi connectivity index (χ2v) is 7.56. The van der Waals surface area contributed by atoms with Gasteiger partial charge in [-0.3, -0.25) is 0 Å². The highest BCUT2D eigenvalue weighted by Gasteiger charge is 2.39. The van der Waals surface area contributed by atoms with Gasteiger partial charge in [-0.1, -0.05) is 19.3 Å². The summed E-state index contributed by atoms with van der Waals surface area (Å²) in [6, 6.07) is 0.123. The summed E-state index contributed by atoms with van der Waals surface area (Å²) in [7, 11) is 0. The van der Waals surface area contributed by atoms with Crippen LogP contribution in [0.15, 0.2) is 0 Å². The van der Waals surface area contributed by atoms with E-state index in [1.54, 1.807) is 18.7 Å². The summed E-state index contributed by atoms with van der Waals surface area (Å²) >= 11 is 0. The highest BCUT2D eigenvalue weighted by Crippen LogP contribution is 2.38. The monoisotopic (exact) mass is 312 g/mol. The van der Waals surface area contributed by atoms with E-state index in [0.29, 0.717) is 13.1 Å². The van der Waals surface area contributed by atoms with Gasteiger partial charge in [0.2, 0.25) is 0 Å². The van der Waals surface area contributed by atoms with Crippen molar-refractivity contribution in [3.63, 3.8) is 0 Å².